The van der Waals surface area contributed by atoms with Crippen molar-refractivity contribution in [1.29, 1.82) is 0 Å². The lowest BCUT2D eigenvalue weighted by molar-refractivity contribution is 0.0935. The van der Waals surface area contributed by atoms with Gasteiger partial charge < -0.3 is 9.73 Å². The summed E-state index contributed by atoms with van der Waals surface area (Å²) in [4.78, 5) is 16.1. The van der Waals surface area contributed by atoms with Gasteiger partial charge in [-0.05, 0) is 45.0 Å². The smallest absolute Gasteiger partial charge is 0.252 e. The summed E-state index contributed by atoms with van der Waals surface area (Å²) in [7, 11) is 0. The third-order valence-corrected chi connectivity index (χ3v) is 2.91. The predicted molar refractivity (Wildman–Crippen MR) is 73.3 cm³/mol. The van der Waals surface area contributed by atoms with Crippen molar-refractivity contribution in [1.82, 2.24) is 10.3 Å². The van der Waals surface area contributed by atoms with E-state index in [9.17, 15) is 4.79 Å². The number of halogens is 1. The van der Waals surface area contributed by atoms with Gasteiger partial charge in [-0.3, -0.25) is 4.79 Å². The van der Waals surface area contributed by atoms with E-state index in [2.05, 4.69) is 10.3 Å². The van der Waals surface area contributed by atoms with Crippen LogP contribution in [0.4, 0.5) is 0 Å². The molecule has 0 aliphatic rings. The number of carbonyl (C=O) groups excluding carboxylic acids is 1. The van der Waals surface area contributed by atoms with Crippen LogP contribution in [-0.2, 0) is 0 Å². The highest BCUT2D eigenvalue weighted by Crippen LogP contribution is 2.17. The van der Waals surface area contributed by atoms with E-state index in [1.165, 1.54) is 0 Å². The maximum absolute atomic E-state index is 12.1. The number of furan rings is 1. The molecule has 2 rings (SSSR count). The van der Waals surface area contributed by atoms with Crippen LogP contribution in [0.5, 0.6) is 0 Å². The van der Waals surface area contributed by atoms with Crippen LogP contribution in [0.25, 0.3) is 0 Å². The molecule has 5 heteroatoms. The number of nitrogens with one attached hydrogen (secondary N) is 1. The number of rotatable bonds is 3. The molecular formula is C14H15ClN2O2. The van der Waals surface area contributed by atoms with Crippen molar-refractivity contribution in [3.63, 3.8) is 0 Å². The summed E-state index contributed by atoms with van der Waals surface area (Å²) >= 11 is 5.84. The Morgan fingerprint density at radius 1 is 1.37 bits per heavy atom. The summed E-state index contributed by atoms with van der Waals surface area (Å²) in [6, 6.07) is 6.76. The molecular weight excluding hydrogens is 264 g/mol. The molecule has 0 aliphatic heterocycles. The molecule has 2 heterocycles. The maximum atomic E-state index is 12.1. The highest BCUT2D eigenvalue weighted by atomic mass is 35.5. The normalized spacial score (nSPS) is 12.2. The molecule has 0 aliphatic carbocycles. The van der Waals surface area contributed by atoms with Gasteiger partial charge in [-0.25, -0.2) is 4.98 Å². The van der Waals surface area contributed by atoms with Gasteiger partial charge in [-0.1, -0.05) is 11.6 Å². The van der Waals surface area contributed by atoms with Crippen LogP contribution in [0.15, 0.2) is 28.7 Å². The van der Waals surface area contributed by atoms with Gasteiger partial charge in [0.15, 0.2) is 0 Å². The van der Waals surface area contributed by atoms with Gasteiger partial charge in [-0.2, -0.15) is 0 Å². The Labute approximate surface area is 116 Å². The number of aromatic nitrogens is 1. The van der Waals surface area contributed by atoms with Crippen molar-refractivity contribution in [2.24, 2.45) is 0 Å². The van der Waals surface area contributed by atoms with Gasteiger partial charge >= 0.3 is 0 Å². The molecule has 1 N–H and O–H groups in total. The fourth-order valence-electron chi connectivity index (χ4n) is 1.80. The van der Waals surface area contributed by atoms with E-state index < -0.39 is 0 Å². The molecule has 0 spiro atoms. The van der Waals surface area contributed by atoms with Crippen molar-refractivity contribution in [2.45, 2.75) is 26.8 Å². The maximum Gasteiger partial charge on any atom is 0.252 e. The molecule has 19 heavy (non-hydrogen) atoms. The molecule has 0 bridgehead atoms. The van der Waals surface area contributed by atoms with Crippen LogP contribution in [0.1, 0.15) is 40.5 Å². The van der Waals surface area contributed by atoms with E-state index in [0.29, 0.717) is 16.4 Å². The second-order valence-electron chi connectivity index (χ2n) is 4.46. The van der Waals surface area contributed by atoms with Crippen LogP contribution in [0, 0.1) is 13.8 Å². The fourth-order valence-corrected chi connectivity index (χ4v) is 2.05. The van der Waals surface area contributed by atoms with Gasteiger partial charge in [0.25, 0.3) is 5.91 Å². The lowest BCUT2D eigenvalue weighted by atomic mass is 10.2. The minimum atomic E-state index is -0.201. The predicted octanol–water partition coefficient (Wildman–Crippen LogP) is 3.44. The Bertz CT molecular complexity index is 587. The molecule has 4 nitrogen and oxygen atoms in total. The summed E-state index contributed by atoms with van der Waals surface area (Å²) in [5.41, 5.74) is 1.20. The first-order chi connectivity index (χ1) is 8.95. The first-order valence-corrected chi connectivity index (χ1v) is 6.35. The summed E-state index contributed by atoms with van der Waals surface area (Å²) in [6.45, 7) is 5.53. The third kappa shape index (κ3) is 3.35. The van der Waals surface area contributed by atoms with Crippen molar-refractivity contribution < 1.29 is 9.21 Å². The number of amides is 1. The molecule has 1 unspecified atom stereocenters. The number of aryl methyl sites for hydroxylation is 2. The van der Waals surface area contributed by atoms with Crippen LogP contribution < -0.4 is 5.32 Å². The van der Waals surface area contributed by atoms with E-state index in [1.807, 2.05) is 26.0 Å². The summed E-state index contributed by atoms with van der Waals surface area (Å²) in [5, 5.41) is 3.17. The van der Waals surface area contributed by atoms with Crippen molar-refractivity contribution in [3.8, 4) is 0 Å². The number of pyridine rings is 1. The van der Waals surface area contributed by atoms with Crippen molar-refractivity contribution in [3.05, 3.63) is 52.2 Å². The Balaban J connectivity index is 2.12. The summed E-state index contributed by atoms with van der Waals surface area (Å²) in [5.74, 6) is 1.34. The highest BCUT2D eigenvalue weighted by molar-refractivity contribution is 6.29. The highest BCUT2D eigenvalue weighted by Gasteiger charge is 2.15. The molecule has 0 saturated heterocycles. The van der Waals surface area contributed by atoms with Crippen LogP contribution in [0.3, 0.4) is 0 Å². The number of hydrogen-bond acceptors (Lipinski definition) is 3. The van der Waals surface area contributed by atoms with Crippen LogP contribution in [-0.4, -0.2) is 10.9 Å². The molecule has 0 radical (unpaired) electrons. The largest absolute Gasteiger partial charge is 0.464 e. The minimum Gasteiger partial charge on any atom is -0.464 e. The zero-order valence-electron chi connectivity index (χ0n) is 11.0. The zero-order valence-corrected chi connectivity index (χ0v) is 11.8. The average Bonchev–Trinajstić information content (AvgIpc) is 2.74. The van der Waals surface area contributed by atoms with Crippen LogP contribution in [0.2, 0.25) is 5.15 Å². The van der Waals surface area contributed by atoms with Gasteiger partial charge in [0, 0.05) is 11.3 Å². The monoisotopic (exact) mass is 278 g/mol. The second-order valence-corrected chi connectivity index (χ2v) is 4.85. The van der Waals surface area contributed by atoms with E-state index in [4.69, 9.17) is 16.0 Å². The molecule has 0 saturated carbocycles. The third-order valence-electron chi connectivity index (χ3n) is 2.72. The summed E-state index contributed by atoms with van der Waals surface area (Å²) in [6.07, 6.45) is 0. The fraction of sp³-hybridized carbons (Fsp3) is 0.286. The van der Waals surface area contributed by atoms with Gasteiger partial charge in [0.05, 0.1) is 6.04 Å². The Morgan fingerprint density at radius 2 is 2.11 bits per heavy atom. The Morgan fingerprint density at radius 3 is 2.68 bits per heavy atom. The number of hydrogen-bond donors (Lipinski definition) is 1. The first kappa shape index (κ1) is 13.6. The molecule has 1 amide bonds. The molecule has 0 aromatic carbocycles. The molecule has 2 aromatic rings. The second kappa shape index (κ2) is 5.45. The van der Waals surface area contributed by atoms with E-state index in [-0.39, 0.29) is 11.9 Å². The van der Waals surface area contributed by atoms with Gasteiger partial charge in [-0.15, -0.1) is 0 Å². The Hall–Kier alpha value is -1.81. The van der Waals surface area contributed by atoms with E-state index in [1.54, 1.807) is 19.1 Å². The first-order valence-electron chi connectivity index (χ1n) is 5.97. The minimum absolute atomic E-state index is 0.200. The van der Waals surface area contributed by atoms with E-state index >= 15 is 0 Å². The Kier molecular flexibility index (Phi) is 3.90. The average molecular weight is 279 g/mol. The van der Waals surface area contributed by atoms with Crippen LogP contribution >= 0.6 is 11.6 Å². The number of nitrogens with zero attached hydrogens (tertiary/aromatic N) is 1. The molecule has 2 aromatic heterocycles. The lowest BCUT2D eigenvalue weighted by Gasteiger charge is -2.12. The van der Waals surface area contributed by atoms with Gasteiger partial charge in [0.2, 0.25) is 0 Å². The molecule has 0 fully saturated rings. The van der Waals surface area contributed by atoms with Crippen molar-refractivity contribution in [2.75, 3.05) is 0 Å². The molecule has 1 atom stereocenters. The SMILES string of the molecule is Cc1cc(C(=O)NC(C)c2ccc(C)o2)cc(Cl)n1. The lowest BCUT2D eigenvalue weighted by Crippen LogP contribution is -2.26. The van der Waals surface area contributed by atoms with E-state index in [0.717, 1.165) is 11.5 Å². The standard InChI is InChI=1S/C14H15ClN2O2/c1-8-6-11(7-13(15)16-8)14(18)17-10(3)12-5-4-9(2)19-12/h4-7,10H,1-3H3,(H,17,18). The molecule has 100 valence electrons. The summed E-state index contributed by atoms with van der Waals surface area (Å²) < 4.78 is 5.48. The topological polar surface area (TPSA) is 55.1 Å². The van der Waals surface area contributed by atoms with Crippen molar-refractivity contribution >= 4 is 17.5 Å². The number of carbonyl (C=O) groups is 1. The zero-order chi connectivity index (χ0) is 14.0. The van der Waals surface area contributed by atoms with Gasteiger partial charge in [0.1, 0.15) is 16.7 Å². The quantitative estimate of drug-likeness (QED) is 0.875.